The van der Waals surface area contributed by atoms with Gasteiger partial charge in [0.1, 0.15) is 12.4 Å². The monoisotopic (exact) mass is 459 g/mol. The molecule has 0 atom stereocenters. The van der Waals surface area contributed by atoms with Crippen molar-refractivity contribution in [1.82, 2.24) is 0 Å². The van der Waals surface area contributed by atoms with Crippen LogP contribution in [0.1, 0.15) is 16.7 Å². The van der Waals surface area contributed by atoms with Crippen LogP contribution in [0.25, 0.3) is 0 Å². The van der Waals surface area contributed by atoms with Gasteiger partial charge in [-0.2, -0.15) is 0 Å². The van der Waals surface area contributed by atoms with E-state index in [0.29, 0.717) is 6.61 Å². The first kappa shape index (κ1) is 18.0. The highest BCUT2D eigenvalue weighted by Crippen LogP contribution is 2.27. The smallest absolute Gasteiger partial charge is 0.134 e. The molecule has 2 nitrogen and oxygen atoms in total. The largest absolute Gasteiger partial charge is 0.488 e. The van der Waals surface area contributed by atoms with Gasteiger partial charge in [0, 0.05) is 16.7 Å². The first-order valence-electron chi connectivity index (χ1n) is 8.06. The number of hydrogen-bond donors (Lipinski definition) is 1. The predicted octanol–water partition coefficient (Wildman–Crippen LogP) is 6.71. The lowest BCUT2D eigenvalue weighted by atomic mass is 10.2. The van der Waals surface area contributed by atoms with Crippen molar-refractivity contribution < 1.29 is 4.74 Å². The molecule has 0 aliphatic rings. The Kier molecular flexibility index (Phi) is 6.16. The Bertz CT molecular complexity index is 830. The number of aryl methyl sites for hydroxylation is 1. The fraction of sp³-hybridized carbons (Fsp3) is 0.143. The van der Waals surface area contributed by atoms with E-state index in [1.807, 2.05) is 18.2 Å². The summed E-state index contributed by atoms with van der Waals surface area (Å²) >= 11 is 7.05. The van der Waals surface area contributed by atoms with E-state index in [-0.39, 0.29) is 0 Å². The normalized spacial score (nSPS) is 10.5. The molecule has 0 amide bonds. The molecule has 3 aromatic carbocycles. The molecule has 0 saturated heterocycles. The SMILES string of the molecule is Cc1ccc(NCc2ccc(OCc3ccc(Br)cc3)c(Br)c2)cc1. The van der Waals surface area contributed by atoms with Gasteiger partial charge >= 0.3 is 0 Å². The number of hydrogen-bond acceptors (Lipinski definition) is 2. The zero-order valence-corrected chi connectivity index (χ0v) is 17.1. The molecule has 128 valence electrons. The van der Waals surface area contributed by atoms with Crippen LogP contribution in [0.2, 0.25) is 0 Å². The lowest BCUT2D eigenvalue weighted by Gasteiger charge is -2.11. The topological polar surface area (TPSA) is 21.3 Å². The summed E-state index contributed by atoms with van der Waals surface area (Å²) in [5.74, 6) is 0.849. The molecular weight excluding hydrogens is 442 g/mol. The Morgan fingerprint density at radius 3 is 2.20 bits per heavy atom. The maximum Gasteiger partial charge on any atom is 0.134 e. The van der Waals surface area contributed by atoms with Crippen LogP contribution in [0.3, 0.4) is 0 Å². The summed E-state index contributed by atoms with van der Waals surface area (Å²) in [5, 5.41) is 3.43. The summed E-state index contributed by atoms with van der Waals surface area (Å²) in [7, 11) is 0. The Hall–Kier alpha value is -1.78. The van der Waals surface area contributed by atoms with Gasteiger partial charge in [0.2, 0.25) is 0 Å². The third-order valence-corrected chi connectivity index (χ3v) is 5.00. The third kappa shape index (κ3) is 5.35. The number of nitrogens with one attached hydrogen (secondary N) is 1. The van der Waals surface area contributed by atoms with E-state index in [1.165, 1.54) is 11.1 Å². The lowest BCUT2D eigenvalue weighted by molar-refractivity contribution is 0.304. The molecule has 25 heavy (non-hydrogen) atoms. The maximum absolute atomic E-state index is 5.91. The van der Waals surface area contributed by atoms with Gasteiger partial charge < -0.3 is 10.1 Å². The highest BCUT2D eigenvalue weighted by Gasteiger charge is 2.04. The van der Waals surface area contributed by atoms with Gasteiger partial charge in [-0.3, -0.25) is 0 Å². The second-order valence-corrected chi connectivity index (χ2v) is 7.67. The maximum atomic E-state index is 5.91. The molecule has 0 bridgehead atoms. The van der Waals surface area contributed by atoms with E-state index in [0.717, 1.165) is 32.5 Å². The number of halogens is 2. The van der Waals surface area contributed by atoms with Crippen molar-refractivity contribution in [3.63, 3.8) is 0 Å². The number of anilines is 1. The summed E-state index contributed by atoms with van der Waals surface area (Å²) < 4.78 is 7.95. The highest BCUT2D eigenvalue weighted by molar-refractivity contribution is 9.10. The van der Waals surface area contributed by atoms with Crippen molar-refractivity contribution >= 4 is 37.5 Å². The van der Waals surface area contributed by atoms with E-state index in [9.17, 15) is 0 Å². The van der Waals surface area contributed by atoms with E-state index in [2.05, 4.69) is 92.6 Å². The zero-order valence-electron chi connectivity index (χ0n) is 13.9. The highest BCUT2D eigenvalue weighted by atomic mass is 79.9. The number of ether oxygens (including phenoxy) is 1. The molecule has 0 spiro atoms. The van der Waals surface area contributed by atoms with Gasteiger partial charge in [-0.15, -0.1) is 0 Å². The van der Waals surface area contributed by atoms with Crippen LogP contribution in [-0.4, -0.2) is 0 Å². The fourth-order valence-electron chi connectivity index (χ4n) is 2.39. The standard InChI is InChI=1S/C21H19Br2NO/c1-15-2-9-19(10-3-15)24-13-17-6-11-21(20(23)12-17)25-14-16-4-7-18(22)8-5-16/h2-12,24H,13-14H2,1H3. The molecule has 0 aliphatic heterocycles. The summed E-state index contributed by atoms with van der Waals surface area (Å²) in [4.78, 5) is 0. The average Bonchev–Trinajstić information content (AvgIpc) is 2.62. The van der Waals surface area contributed by atoms with Crippen molar-refractivity contribution in [2.45, 2.75) is 20.1 Å². The van der Waals surface area contributed by atoms with Crippen molar-refractivity contribution in [1.29, 1.82) is 0 Å². The summed E-state index contributed by atoms with van der Waals surface area (Å²) in [5.41, 5.74) is 4.72. The molecular formula is C21H19Br2NO. The minimum atomic E-state index is 0.548. The molecule has 1 N–H and O–H groups in total. The van der Waals surface area contributed by atoms with Crippen LogP contribution in [0.5, 0.6) is 5.75 Å². The minimum Gasteiger partial charge on any atom is -0.488 e. The minimum absolute atomic E-state index is 0.548. The van der Waals surface area contributed by atoms with E-state index >= 15 is 0 Å². The Labute approximate surface area is 165 Å². The third-order valence-electron chi connectivity index (χ3n) is 3.85. The quantitative estimate of drug-likeness (QED) is 0.441. The Morgan fingerprint density at radius 2 is 1.52 bits per heavy atom. The summed E-state index contributed by atoms with van der Waals surface area (Å²) in [6.07, 6.45) is 0. The van der Waals surface area contributed by atoms with Crippen molar-refractivity contribution in [2.75, 3.05) is 5.32 Å². The lowest BCUT2D eigenvalue weighted by Crippen LogP contribution is -2.00. The van der Waals surface area contributed by atoms with E-state index in [1.54, 1.807) is 0 Å². The van der Waals surface area contributed by atoms with Crippen LogP contribution in [-0.2, 0) is 13.2 Å². The zero-order chi connectivity index (χ0) is 17.6. The van der Waals surface area contributed by atoms with Crippen LogP contribution in [0, 0.1) is 6.92 Å². The molecule has 0 aliphatic carbocycles. The van der Waals surface area contributed by atoms with Gasteiger partial charge in [0.15, 0.2) is 0 Å². The van der Waals surface area contributed by atoms with Gasteiger partial charge in [0.05, 0.1) is 4.47 Å². The van der Waals surface area contributed by atoms with Crippen molar-refractivity contribution in [2.24, 2.45) is 0 Å². The van der Waals surface area contributed by atoms with E-state index < -0.39 is 0 Å². The van der Waals surface area contributed by atoms with Gasteiger partial charge in [-0.05, 0) is 70.4 Å². The first-order valence-corrected chi connectivity index (χ1v) is 9.65. The van der Waals surface area contributed by atoms with Gasteiger partial charge in [-0.1, -0.05) is 51.8 Å². The van der Waals surface area contributed by atoms with Crippen LogP contribution >= 0.6 is 31.9 Å². The Balaban J connectivity index is 1.58. The second-order valence-electron chi connectivity index (χ2n) is 5.90. The van der Waals surface area contributed by atoms with Crippen molar-refractivity contribution in [3.05, 3.63) is 92.4 Å². The molecule has 3 aromatic rings. The van der Waals surface area contributed by atoms with E-state index in [4.69, 9.17) is 4.74 Å². The number of rotatable bonds is 6. The van der Waals surface area contributed by atoms with Gasteiger partial charge in [-0.25, -0.2) is 0 Å². The molecule has 0 aromatic heterocycles. The molecule has 0 fully saturated rings. The molecule has 0 heterocycles. The molecule has 0 radical (unpaired) electrons. The van der Waals surface area contributed by atoms with Crippen LogP contribution < -0.4 is 10.1 Å². The van der Waals surface area contributed by atoms with Crippen molar-refractivity contribution in [3.8, 4) is 5.75 Å². The van der Waals surface area contributed by atoms with Gasteiger partial charge in [0.25, 0.3) is 0 Å². The molecule has 3 rings (SSSR count). The molecule has 0 saturated carbocycles. The predicted molar refractivity (Wildman–Crippen MR) is 111 cm³/mol. The number of benzene rings is 3. The molecule has 0 unspecified atom stereocenters. The summed E-state index contributed by atoms with van der Waals surface area (Å²) in [6.45, 7) is 3.41. The summed E-state index contributed by atoms with van der Waals surface area (Å²) in [6, 6.07) is 22.8. The molecule has 4 heteroatoms. The fourth-order valence-corrected chi connectivity index (χ4v) is 3.19. The van der Waals surface area contributed by atoms with Crippen LogP contribution in [0.4, 0.5) is 5.69 Å². The first-order chi connectivity index (χ1) is 12.1. The average molecular weight is 461 g/mol. The van der Waals surface area contributed by atoms with Crippen LogP contribution in [0.15, 0.2) is 75.7 Å². The second kappa shape index (κ2) is 8.54. The Morgan fingerprint density at radius 1 is 0.840 bits per heavy atom.